The minimum absolute atomic E-state index is 0. The van der Waals surface area contributed by atoms with Crippen LogP contribution in [0, 0.1) is 0 Å². The molecule has 0 aromatic carbocycles. The second-order valence-electron chi connectivity index (χ2n) is 6.18. The maximum atomic E-state index is 12.7. The Labute approximate surface area is 344 Å². The van der Waals surface area contributed by atoms with Gasteiger partial charge in [-0.05, 0) is 0 Å². The molecule has 0 amide bonds. The molecule has 0 fully saturated rings. The van der Waals surface area contributed by atoms with Crippen molar-refractivity contribution >= 4 is 7.82 Å². The summed E-state index contributed by atoms with van der Waals surface area (Å²) in [5.41, 5.74) is 0. The summed E-state index contributed by atoms with van der Waals surface area (Å²) >= 11 is -98.5. The molecule has 1 radical (unpaired) electrons. The van der Waals surface area contributed by atoms with Crippen LogP contribution in [0.1, 0.15) is 0 Å². The molecule has 0 saturated heterocycles. The zero-order chi connectivity index (χ0) is 43.0. The van der Waals surface area contributed by atoms with Gasteiger partial charge in [0.1, 0.15) is 0 Å². The predicted molar refractivity (Wildman–Crippen MR) is 37.1 cm³/mol. The fourth-order valence-electron chi connectivity index (χ4n) is 1.40. The van der Waals surface area contributed by atoms with Crippen LogP contribution in [0.25, 0.3) is 0 Å². The zero-order valence-electron chi connectivity index (χ0n) is 22.1. The number of rotatable bonds is 24. The Hall–Kier alpha value is 3.61. The molecule has 0 bridgehead atoms. The Kier molecular flexibility index (Phi) is 22.1. The van der Waals surface area contributed by atoms with Crippen molar-refractivity contribution < 1.29 is 343 Å². The van der Waals surface area contributed by atoms with Gasteiger partial charge in [0.05, 0.1) is 0 Å². The van der Waals surface area contributed by atoms with Gasteiger partial charge in [0.15, 0.2) is 0 Å². The molecule has 0 N–H and O–H groups in total. The monoisotopic (exact) mass is 1900 g/mol. The Morgan fingerprint density at radius 3 is 0.537 bits per heavy atom. The van der Waals surface area contributed by atoms with Crippen molar-refractivity contribution in [3.63, 3.8) is 0 Å². The molecule has 0 unspecified atom stereocenters. The summed E-state index contributed by atoms with van der Waals surface area (Å²) in [6, 6.07) is 0. The van der Waals surface area contributed by atoms with Crippen LogP contribution in [0.4, 0.5) is 0 Å². The fraction of sp³-hybridized carbons (Fsp3) is 0. The van der Waals surface area contributed by atoms with Crippen molar-refractivity contribution in [2.75, 3.05) is 0 Å². The topological polar surface area (TPSA) is 607 Å². The van der Waals surface area contributed by atoms with Crippen molar-refractivity contribution in [2.45, 2.75) is 0 Å². The standard InChI is InChI=1S/Mn.12Mo.H3O4P.36O/c;;;;;;;;;;;;;1-5(2,3)4;;;;;;;;;;;;;;;;;;;;;;;;;;;;;;;;;;;;/h;;;;;;;;;;;;;(H3,1,2,3,4);;;;;;;;;;;;;;;;;;;;;;;;;;;;;;;;;;;;/q+2;;;;;;;;;;3*+1;;;;;;;;;;;;;;;;;;;;;;;;;;;;;;;;;;;3*-1/p-3. The Morgan fingerprint density at radius 2 is 0.389 bits per heavy atom. The third-order valence-corrected chi connectivity index (χ3v) is 62.2. The molecule has 0 rings (SSSR count). The normalized spacial score (nSPS) is 15.3. The molecule has 0 atom stereocenters. The van der Waals surface area contributed by atoms with Gasteiger partial charge in [0, 0.05) is 0 Å². The Bertz CT molecular complexity index is 2510. The van der Waals surface area contributed by atoms with E-state index in [1.165, 1.54) is 0 Å². The molecule has 0 heterocycles. The summed E-state index contributed by atoms with van der Waals surface area (Å²) in [5.74, 6) is 0. The van der Waals surface area contributed by atoms with Crippen LogP contribution in [0.2, 0.25) is 0 Å². The zero-order valence-corrected chi connectivity index (χ0v) is 48.2. The van der Waals surface area contributed by atoms with Crippen molar-refractivity contribution in [3.8, 4) is 0 Å². The van der Waals surface area contributed by atoms with E-state index in [4.69, 9.17) is 0 Å². The van der Waals surface area contributed by atoms with E-state index in [1.54, 1.807) is 0 Å². The first-order valence-corrected chi connectivity index (χ1v) is 49.5. The summed E-state index contributed by atoms with van der Waals surface area (Å²) < 4.78 is 351. The first-order chi connectivity index (χ1) is 22.5. The third kappa shape index (κ3) is 29.0. The molecular weight excluding hydrogens is 1880 g/mol. The van der Waals surface area contributed by atoms with E-state index in [2.05, 4.69) is 27.9 Å². The van der Waals surface area contributed by atoms with Crippen LogP contribution < -0.4 is 11.3 Å². The van der Waals surface area contributed by atoms with Gasteiger partial charge < -0.3 is 0 Å². The molecular formula is MnMo12O40P-. The summed E-state index contributed by atoms with van der Waals surface area (Å²) in [7, 11) is -7.94. The number of hydrogen-bond acceptors (Lipinski definition) is 40. The molecule has 0 aromatic heterocycles. The molecule has 0 aliphatic carbocycles. The van der Waals surface area contributed by atoms with Crippen molar-refractivity contribution in [2.24, 2.45) is 0 Å². The summed E-state index contributed by atoms with van der Waals surface area (Å²) in [4.78, 5) is 0. The SMILES string of the molecule is O=P([O][Mo](=[O])(=[O])[O][Mo](=[O])(=[O])[O][Mo](=[O])(=[O])[O][Mo](=[O])(=[O])[O-])([O][Mo](=[O])(=[O])[O][Mo](=[O])(=[O])[O][Mo](=[O])(=[O])[O][Mo](=[O])(=[O])[O-])[O][Mo](=[O])(=[O])[O][Mo](=[O])(=[O])[O][Mo](=[O])(=[O])[O][Mo](=[O])(=[O])[O-].[Mn+2]. The van der Waals surface area contributed by atoms with Crippen molar-refractivity contribution in [1.29, 1.82) is 0 Å². The van der Waals surface area contributed by atoms with E-state index in [0.717, 1.165) is 0 Å². The fourth-order valence-corrected chi connectivity index (χ4v) is 60.0. The van der Waals surface area contributed by atoms with Crippen LogP contribution in [0.3, 0.4) is 0 Å². The van der Waals surface area contributed by atoms with Gasteiger partial charge in [-0.25, -0.2) is 0 Å². The van der Waals surface area contributed by atoms with E-state index >= 15 is 0 Å². The molecule has 0 saturated carbocycles. The summed E-state index contributed by atoms with van der Waals surface area (Å²) in [5, 5.41) is 0. The molecule has 0 aliphatic heterocycles. The molecule has 40 nitrogen and oxygen atoms in total. The number of hydrogen-bond donors (Lipinski definition) is 0. The maximum Gasteiger partial charge on any atom is 2.00 e. The number of phosphoric acid groups is 1. The molecule has 54 heavy (non-hydrogen) atoms. The maximum absolute atomic E-state index is 12.7. The van der Waals surface area contributed by atoms with E-state index in [-0.39, 0.29) is 17.1 Å². The Morgan fingerprint density at radius 1 is 0.259 bits per heavy atom. The minimum Gasteiger partial charge on any atom is 2.00 e. The second kappa shape index (κ2) is 20.0. The van der Waals surface area contributed by atoms with E-state index in [1.807, 2.05) is 0 Å². The van der Waals surface area contributed by atoms with Gasteiger partial charge in [-0.15, -0.1) is 0 Å². The van der Waals surface area contributed by atoms with Crippen molar-refractivity contribution in [3.05, 3.63) is 0 Å². The average molecular weight is 1880 g/mol. The van der Waals surface area contributed by atoms with Crippen LogP contribution in [-0.4, -0.2) is 0 Å². The average Bonchev–Trinajstić information content (AvgIpc) is 2.58. The Balaban J connectivity index is 0. The first kappa shape index (κ1) is 59.7. The molecule has 325 valence electrons. The molecule has 0 aliphatic rings. The largest absolute Gasteiger partial charge is 2.00 e. The second-order valence-corrected chi connectivity index (χ2v) is 55.7. The smallest absolute Gasteiger partial charge is 2.00 e. The third-order valence-electron chi connectivity index (χ3n) is 2.05. The van der Waals surface area contributed by atoms with Gasteiger partial charge >= 0.3 is 351 Å². The van der Waals surface area contributed by atoms with Gasteiger partial charge in [-0.2, -0.15) is 0 Å². The molecule has 54 heteroatoms. The predicted octanol–water partition coefficient (Wildman–Crippen LogP) is -6.53. The van der Waals surface area contributed by atoms with Crippen LogP contribution in [0.15, 0.2) is 0 Å². The van der Waals surface area contributed by atoms with E-state index in [0.29, 0.717) is 0 Å². The van der Waals surface area contributed by atoms with Gasteiger partial charge in [-0.3, -0.25) is 0 Å². The first-order valence-electron chi connectivity index (χ1n) is 8.73. The van der Waals surface area contributed by atoms with Crippen LogP contribution in [-0.2, 0) is 332 Å². The van der Waals surface area contributed by atoms with Gasteiger partial charge in [0.25, 0.3) is 0 Å². The summed E-state index contributed by atoms with van der Waals surface area (Å²) in [6.45, 7) is 0. The minimum atomic E-state index is -8.82. The van der Waals surface area contributed by atoms with E-state index < -0.39 is 209 Å². The van der Waals surface area contributed by atoms with Crippen molar-refractivity contribution in [1.82, 2.24) is 0 Å². The summed E-state index contributed by atoms with van der Waals surface area (Å²) in [6.07, 6.45) is 0. The quantitative estimate of drug-likeness (QED) is 0.0640. The van der Waals surface area contributed by atoms with Crippen LogP contribution in [0.5, 0.6) is 0 Å². The van der Waals surface area contributed by atoms with E-state index in [9.17, 15) is 97.4 Å². The molecule has 0 spiro atoms. The van der Waals surface area contributed by atoms with Crippen LogP contribution >= 0.6 is 7.82 Å². The molecule has 0 aromatic rings. The van der Waals surface area contributed by atoms with Gasteiger partial charge in [-0.1, -0.05) is 0 Å². The van der Waals surface area contributed by atoms with Gasteiger partial charge in [0.2, 0.25) is 0 Å².